The summed E-state index contributed by atoms with van der Waals surface area (Å²) in [5.41, 5.74) is -0.787. The van der Waals surface area contributed by atoms with Crippen molar-refractivity contribution in [1.29, 1.82) is 0 Å². The molecule has 1 heterocycles. The van der Waals surface area contributed by atoms with Gasteiger partial charge in [0.05, 0.1) is 11.7 Å². The lowest BCUT2D eigenvalue weighted by atomic mass is 9.51. The Hall–Kier alpha value is 0.0400. The van der Waals surface area contributed by atoms with Gasteiger partial charge < -0.3 is 18.9 Å². The summed E-state index contributed by atoms with van der Waals surface area (Å²) in [4.78, 5) is 25.5. The van der Waals surface area contributed by atoms with Crippen LogP contribution in [0.1, 0.15) is 61.7 Å². The summed E-state index contributed by atoms with van der Waals surface area (Å²) in [6.07, 6.45) is 2.88. The number of alkyl halides is 2. The molecule has 1 aromatic carbocycles. The highest BCUT2D eigenvalue weighted by molar-refractivity contribution is 14.1. The van der Waals surface area contributed by atoms with Crippen molar-refractivity contribution in [3.05, 3.63) is 28.4 Å². The van der Waals surface area contributed by atoms with Gasteiger partial charge in [0.1, 0.15) is 17.8 Å². The highest BCUT2D eigenvalue weighted by Crippen LogP contribution is 2.65. The molecule has 1 N–H and O–H groups in total. The van der Waals surface area contributed by atoms with Crippen LogP contribution in [0.5, 0.6) is 0 Å². The number of ether oxygens (including phenoxy) is 4. The first-order valence-electron chi connectivity index (χ1n) is 12.9. The zero-order valence-corrected chi connectivity index (χ0v) is 28.1. The van der Waals surface area contributed by atoms with Crippen molar-refractivity contribution in [1.82, 2.24) is 0 Å². The number of benzene rings is 1. The quantitative estimate of drug-likeness (QED) is 0.182. The topological polar surface area (TPSA) is 125 Å². The standard InChI is InChI=1S/C25H25F2I3O9S/c26-25(27,40(33,34)35)22(32)39-23-8-11-4-12(9-23)24(13(5-11)10-23)37-18-3-1-2-17(20(18)38-24)36-21(31)15-6-14(28)7-16(29)19(15)30/h6-7,11-13,17-18,20H,1-5,8-10H2,(H,33,34,35). The van der Waals surface area contributed by atoms with Crippen LogP contribution in [0.4, 0.5) is 8.78 Å². The molecule has 1 spiro atoms. The molecule has 5 unspecified atom stereocenters. The first-order valence-corrected chi connectivity index (χ1v) is 17.6. The minimum absolute atomic E-state index is 0.0730. The molecule has 0 aromatic heterocycles. The van der Waals surface area contributed by atoms with Gasteiger partial charge in [0, 0.05) is 22.5 Å². The molecule has 1 saturated heterocycles. The molecule has 6 aliphatic rings. The molecular weight excluding hydrogens is 895 g/mol. The van der Waals surface area contributed by atoms with Gasteiger partial charge in [-0.15, -0.1) is 0 Å². The van der Waals surface area contributed by atoms with E-state index in [1.807, 2.05) is 6.07 Å². The fourth-order valence-electron chi connectivity index (χ4n) is 7.60. The summed E-state index contributed by atoms with van der Waals surface area (Å²) < 4.78 is 86.4. The van der Waals surface area contributed by atoms with E-state index in [2.05, 4.69) is 67.8 Å². The summed E-state index contributed by atoms with van der Waals surface area (Å²) >= 11 is 6.49. The Morgan fingerprint density at radius 1 is 1.05 bits per heavy atom. The van der Waals surface area contributed by atoms with E-state index in [1.54, 1.807) is 6.07 Å². The van der Waals surface area contributed by atoms with E-state index in [1.165, 1.54) is 0 Å². The van der Waals surface area contributed by atoms with E-state index >= 15 is 0 Å². The number of hydrogen-bond donors (Lipinski definition) is 1. The zero-order chi connectivity index (χ0) is 28.8. The SMILES string of the molecule is O=C(OC1CCCC2OC3(OC12)C1CC2CC3CC(OC(=O)C(F)(F)S(=O)(=O)O)(C2)C1)c1cc(I)cc(I)c1I. The van der Waals surface area contributed by atoms with Gasteiger partial charge in [0.15, 0.2) is 5.79 Å². The van der Waals surface area contributed by atoms with Crippen molar-refractivity contribution in [3.63, 3.8) is 0 Å². The molecule has 15 heteroatoms. The summed E-state index contributed by atoms with van der Waals surface area (Å²) in [5, 5.41) is -5.05. The first kappa shape index (κ1) is 30.1. The van der Waals surface area contributed by atoms with Gasteiger partial charge in [-0.1, -0.05) is 0 Å². The molecule has 5 aliphatic carbocycles. The molecule has 220 valence electrons. The third-order valence-corrected chi connectivity index (χ3v) is 13.5. The third kappa shape index (κ3) is 4.92. The van der Waals surface area contributed by atoms with Crippen LogP contribution in [0.2, 0.25) is 0 Å². The molecule has 1 aliphatic heterocycles. The van der Waals surface area contributed by atoms with Gasteiger partial charge in [0.2, 0.25) is 0 Å². The lowest BCUT2D eigenvalue weighted by Crippen LogP contribution is -2.66. The van der Waals surface area contributed by atoms with Crippen LogP contribution in [0.3, 0.4) is 0 Å². The van der Waals surface area contributed by atoms with Crippen LogP contribution < -0.4 is 0 Å². The molecule has 5 atom stereocenters. The molecule has 6 fully saturated rings. The Morgan fingerprint density at radius 3 is 2.38 bits per heavy atom. The number of carbonyl (C=O) groups excluding carboxylic acids is 2. The molecule has 0 radical (unpaired) electrons. The van der Waals surface area contributed by atoms with Crippen LogP contribution in [-0.4, -0.2) is 59.9 Å². The van der Waals surface area contributed by atoms with Gasteiger partial charge in [0.25, 0.3) is 0 Å². The van der Waals surface area contributed by atoms with Crippen LogP contribution in [0, 0.1) is 28.5 Å². The van der Waals surface area contributed by atoms with Crippen molar-refractivity contribution < 1.29 is 50.3 Å². The highest BCUT2D eigenvalue weighted by Gasteiger charge is 2.70. The zero-order valence-electron chi connectivity index (χ0n) is 20.8. The number of rotatable bonds is 5. The number of carbonyl (C=O) groups is 2. The molecule has 4 bridgehead atoms. The molecule has 1 aromatic rings. The first-order chi connectivity index (χ1) is 18.6. The summed E-state index contributed by atoms with van der Waals surface area (Å²) in [5.74, 6) is -4.18. The average molecular weight is 920 g/mol. The van der Waals surface area contributed by atoms with E-state index < -0.39 is 50.9 Å². The average Bonchev–Trinajstić information content (AvgIpc) is 3.25. The Balaban J connectivity index is 1.21. The van der Waals surface area contributed by atoms with Crippen molar-refractivity contribution in [2.24, 2.45) is 17.8 Å². The second kappa shape index (κ2) is 10.3. The third-order valence-electron chi connectivity index (χ3n) is 8.98. The monoisotopic (exact) mass is 920 g/mol. The smallest absolute Gasteiger partial charge is 0.456 e. The van der Waals surface area contributed by atoms with Crippen LogP contribution in [0.15, 0.2) is 12.1 Å². The van der Waals surface area contributed by atoms with Gasteiger partial charge in [-0.25, -0.2) is 9.59 Å². The molecule has 7 rings (SSSR count). The number of hydrogen-bond acceptors (Lipinski definition) is 8. The summed E-state index contributed by atoms with van der Waals surface area (Å²) in [6, 6.07) is 3.78. The minimum atomic E-state index is -5.97. The van der Waals surface area contributed by atoms with Crippen LogP contribution in [0.25, 0.3) is 0 Å². The Labute approximate surface area is 270 Å². The van der Waals surface area contributed by atoms with Crippen molar-refractivity contribution in [2.45, 2.75) is 86.3 Å². The normalized spacial score (nSPS) is 38.4. The van der Waals surface area contributed by atoms with Crippen LogP contribution >= 0.6 is 67.8 Å². The number of fused-ring (bicyclic) bond motifs is 1. The summed E-state index contributed by atoms with van der Waals surface area (Å²) in [6.45, 7) is 0. The fourth-order valence-corrected chi connectivity index (χ4v) is 10.2. The highest BCUT2D eigenvalue weighted by atomic mass is 127. The number of halogens is 5. The molecular formula is C25H25F2I3O9S. The molecule has 40 heavy (non-hydrogen) atoms. The number of esters is 2. The Bertz CT molecular complexity index is 1360. The minimum Gasteiger partial charge on any atom is -0.456 e. The molecule has 5 saturated carbocycles. The van der Waals surface area contributed by atoms with E-state index in [0.29, 0.717) is 31.2 Å². The predicted octanol–water partition coefficient (Wildman–Crippen LogP) is 5.29. The second-order valence-corrected chi connectivity index (χ2v) is 16.4. The molecule has 9 nitrogen and oxygen atoms in total. The maximum absolute atomic E-state index is 14.0. The maximum atomic E-state index is 14.0. The van der Waals surface area contributed by atoms with Gasteiger partial charge >= 0.3 is 27.3 Å². The van der Waals surface area contributed by atoms with E-state index in [9.17, 15) is 26.8 Å². The summed E-state index contributed by atoms with van der Waals surface area (Å²) in [7, 11) is -5.97. The van der Waals surface area contributed by atoms with Crippen molar-refractivity contribution in [3.8, 4) is 0 Å². The lowest BCUT2D eigenvalue weighted by Gasteiger charge is -2.62. The Kier molecular flexibility index (Phi) is 7.75. The van der Waals surface area contributed by atoms with Crippen molar-refractivity contribution >= 4 is 89.8 Å². The van der Waals surface area contributed by atoms with Crippen molar-refractivity contribution in [2.75, 3.05) is 0 Å². The lowest BCUT2D eigenvalue weighted by molar-refractivity contribution is -0.326. The fraction of sp³-hybridized carbons (Fsp3) is 0.680. The van der Waals surface area contributed by atoms with E-state index in [0.717, 1.165) is 23.6 Å². The van der Waals surface area contributed by atoms with Crippen LogP contribution in [-0.2, 0) is 33.9 Å². The maximum Gasteiger partial charge on any atom is 0.465 e. The predicted molar refractivity (Wildman–Crippen MR) is 159 cm³/mol. The van der Waals surface area contributed by atoms with E-state index in [4.69, 9.17) is 23.5 Å². The van der Waals surface area contributed by atoms with Gasteiger partial charge in [-0.3, -0.25) is 4.55 Å². The second-order valence-electron chi connectivity index (χ2n) is 11.5. The van der Waals surface area contributed by atoms with Gasteiger partial charge in [-0.2, -0.15) is 17.2 Å². The van der Waals surface area contributed by atoms with Gasteiger partial charge in [-0.05, 0) is 137 Å². The van der Waals surface area contributed by atoms with E-state index in [-0.39, 0.29) is 36.7 Å². The Morgan fingerprint density at radius 2 is 1.73 bits per heavy atom. The molecule has 0 amide bonds. The largest absolute Gasteiger partial charge is 0.465 e.